The zero-order valence-corrected chi connectivity index (χ0v) is 13.8. The van der Waals surface area contributed by atoms with Gasteiger partial charge in [0.2, 0.25) is 0 Å². The van der Waals surface area contributed by atoms with Gasteiger partial charge in [-0.1, -0.05) is 42.5 Å². The summed E-state index contributed by atoms with van der Waals surface area (Å²) >= 11 is 0. The predicted molar refractivity (Wildman–Crippen MR) is 97.1 cm³/mol. The number of hydrogen-bond acceptors (Lipinski definition) is 2. The monoisotopic (exact) mass is 347 g/mol. The van der Waals surface area contributed by atoms with Crippen molar-refractivity contribution in [3.63, 3.8) is 0 Å². The minimum absolute atomic E-state index is 0.247. The fourth-order valence-corrected chi connectivity index (χ4v) is 2.47. The minimum atomic E-state index is -0.435. The van der Waals surface area contributed by atoms with Gasteiger partial charge in [0.1, 0.15) is 24.0 Å². The third-order valence-electron chi connectivity index (χ3n) is 3.77. The number of ether oxygens (including phenoxy) is 1. The highest BCUT2D eigenvalue weighted by molar-refractivity contribution is 5.89. The zero-order chi connectivity index (χ0) is 18.4. The highest BCUT2D eigenvalue weighted by Crippen LogP contribution is 2.22. The number of nitrogens with zero attached hydrogens (tertiary/aromatic N) is 1. The van der Waals surface area contributed by atoms with E-state index in [9.17, 15) is 14.0 Å². The van der Waals surface area contributed by atoms with Crippen molar-refractivity contribution in [1.29, 1.82) is 5.26 Å². The summed E-state index contributed by atoms with van der Waals surface area (Å²) in [6, 6.07) is 21.5. The van der Waals surface area contributed by atoms with Crippen LogP contribution >= 0.6 is 0 Å². The van der Waals surface area contributed by atoms with E-state index < -0.39 is 5.82 Å². The fraction of sp³-hybridized carbons (Fsp3) is 0.0455. The van der Waals surface area contributed by atoms with Gasteiger partial charge in [0, 0.05) is 5.56 Å². The van der Waals surface area contributed by atoms with Gasteiger partial charge in [0.15, 0.2) is 0 Å². The van der Waals surface area contributed by atoms with Crippen molar-refractivity contribution in [3.05, 3.63) is 101 Å². The molecule has 3 aromatic rings. The number of nitriles is 1. The maximum absolute atomic E-state index is 13.8. The lowest BCUT2D eigenvalue weighted by atomic mass is 10.0. The van der Waals surface area contributed by atoms with Crippen LogP contribution in [0.1, 0.15) is 16.7 Å². The Balaban J connectivity index is 1.73. The molecule has 0 aromatic heterocycles. The summed E-state index contributed by atoms with van der Waals surface area (Å²) in [6.45, 7) is 0.256. The molecule has 0 N–H and O–H groups in total. The molecule has 0 unspecified atom stereocenters. The molecule has 0 radical (unpaired) electrons. The standard InChI is InChI=1S/C22H15F2NO/c23-19-5-3-4-17(13-19)15-26-20-10-8-16(9-11-20)12-18(14-25)21-6-1-2-7-22(21)24/h1-13H,15H2. The van der Waals surface area contributed by atoms with E-state index in [2.05, 4.69) is 0 Å². The predicted octanol–water partition coefficient (Wildman–Crippen LogP) is 5.61. The van der Waals surface area contributed by atoms with Crippen LogP contribution in [0.5, 0.6) is 5.75 Å². The maximum Gasteiger partial charge on any atom is 0.131 e. The van der Waals surface area contributed by atoms with E-state index in [1.807, 2.05) is 6.07 Å². The second-order valence-corrected chi connectivity index (χ2v) is 5.64. The van der Waals surface area contributed by atoms with Crippen LogP contribution in [-0.4, -0.2) is 0 Å². The Labute approximate surface area is 150 Å². The average molecular weight is 347 g/mol. The first-order valence-corrected chi connectivity index (χ1v) is 8.00. The molecular weight excluding hydrogens is 332 g/mol. The van der Waals surface area contributed by atoms with E-state index >= 15 is 0 Å². The third-order valence-corrected chi connectivity index (χ3v) is 3.77. The lowest BCUT2D eigenvalue weighted by Crippen LogP contribution is -1.95. The Kier molecular flexibility index (Phi) is 5.40. The van der Waals surface area contributed by atoms with Crippen molar-refractivity contribution in [3.8, 4) is 11.8 Å². The lowest BCUT2D eigenvalue weighted by Gasteiger charge is -2.07. The lowest BCUT2D eigenvalue weighted by molar-refractivity contribution is 0.305. The Bertz CT molecular complexity index is 972. The van der Waals surface area contributed by atoms with Gasteiger partial charge in [-0.05, 0) is 47.5 Å². The molecule has 0 saturated carbocycles. The van der Waals surface area contributed by atoms with Crippen molar-refractivity contribution in [1.82, 2.24) is 0 Å². The molecule has 0 heterocycles. The van der Waals surface area contributed by atoms with Crippen LogP contribution in [0, 0.1) is 23.0 Å². The Morgan fingerprint density at radius 2 is 1.73 bits per heavy atom. The van der Waals surface area contributed by atoms with Gasteiger partial charge in [-0.3, -0.25) is 0 Å². The van der Waals surface area contributed by atoms with E-state index in [-0.39, 0.29) is 23.6 Å². The SMILES string of the molecule is N#CC(=Cc1ccc(OCc2cccc(F)c2)cc1)c1ccccc1F. The molecule has 0 amide bonds. The molecule has 0 fully saturated rings. The van der Waals surface area contributed by atoms with Crippen molar-refractivity contribution in [2.24, 2.45) is 0 Å². The zero-order valence-electron chi connectivity index (χ0n) is 13.8. The van der Waals surface area contributed by atoms with Crippen LogP contribution < -0.4 is 4.74 Å². The summed E-state index contributed by atoms with van der Waals surface area (Å²) in [6.07, 6.45) is 1.62. The van der Waals surface area contributed by atoms with E-state index in [0.29, 0.717) is 5.75 Å². The van der Waals surface area contributed by atoms with E-state index in [0.717, 1.165) is 11.1 Å². The van der Waals surface area contributed by atoms with Crippen LogP contribution in [0.4, 0.5) is 8.78 Å². The summed E-state index contributed by atoms with van der Waals surface area (Å²) in [5, 5.41) is 9.31. The largest absolute Gasteiger partial charge is 0.489 e. The summed E-state index contributed by atoms with van der Waals surface area (Å²) in [7, 11) is 0. The molecule has 26 heavy (non-hydrogen) atoms. The maximum atomic E-state index is 13.8. The molecule has 0 aliphatic heterocycles. The Morgan fingerprint density at radius 1 is 0.962 bits per heavy atom. The number of hydrogen-bond donors (Lipinski definition) is 0. The first-order chi connectivity index (χ1) is 12.7. The van der Waals surface area contributed by atoms with Gasteiger partial charge in [-0.2, -0.15) is 5.26 Å². The minimum Gasteiger partial charge on any atom is -0.489 e. The third kappa shape index (κ3) is 4.34. The van der Waals surface area contributed by atoms with Gasteiger partial charge in [0.25, 0.3) is 0 Å². The normalized spacial score (nSPS) is 11.0. The summed E-state index contributed by atoms with van der Waals surface area (Å²) in [4.78, 5) is 0. The Hall–Kier alpha value is -3.45. The molecule has 0 spiro atoms. The average Bonchev–Trinajstić information content (AvgIpc) is 2.66. The van der Waals surface area contributed by atoms with Gasteiger partial charge in [0.05, 0.1) is 11.6 Å². The summed E-state index contributed by atoms with van der Waals surface area (Å²) < 4.78 is 32.6. The van der Waals surface area contributed by atoms with Crippen LogP contribution in [-0.2, 0) is 6.61 Å². The molecular formula is C22H15F2NO. The molecule has 0 saturated heterocycles. The second-order valence-electron chi connectivity index (χ2n) is 5.64. The van der Waals surface area contributed by atoms with Crippen LogP contribution in [0.3, 0.4) is 0 Å². The van der Waals surface area contributed by atoms with Gasteiger partial charge < -0.3 is 4.74 Å². The fourth-order valence-electron chi connectivity index (χ4n) is 2.47. The van der Waals surface area contributed by atoms with Crippen LogP contribution in [0.25, 0.3) is 11.6 Å². The molecule has 4 heteroatoms. The van der Waals surface area contributed by atoms with Crippen molar-refractivity contribution in [2.45, 2.75) is 6.61 Å². The first-order valence-electron chi connectivity index (χ1n) is 8.00. The van der Waals surface area contributed by atoms with Crippen molar-refractivity contribution >= 4 is 11.6 Å². The molecule has 0 aliphatic carbocycles. The van der Waals surface area contributed by atoms with Crippen molar-refractivity contribution in [2.75, 3.05) is 0 Å². The Morgan fingerprint density at radius 3 is 2.42 bits per heavy atom. The first kappa shape index (κ1) is 17.4. The van der Waals surface area contributed by atoms with Gasteiger partial charge >= 0.3 is 0 Å². The topological polar surface area (TPSA) is 33.0 Å². The summed E-state index contributed by atoms with van der Waals surface area (Å²) in [5.74, 6) is -0.116. The summed E-state index contributed by atoms with van der Waals surface area (Å²) in [5.41, 5.74) is 2.00. The highest BCUT2D eigenvalue weighted by atomic mass is 19.1. The molecule has 128 valence electrons. The second kappa shape index (κ2) is 8.09. The number of rotatable bonds is 5. The van der Waals surface area contributed by atoms with Crippen molar-refractivity contribution < 1.29 is 13.5 Å². The van der Waals surface area contributed by atoms with Gasteiger partial charge in [-0.25, -0.2) is 8.78 Å². The van der Waals surface area contributed by atoms with E-state index in [1.165, 1.54) is 18.2 Å². The van der Waals surface area contributed by atoms with E-state index in [4.69, 9.17) is 4.74 Å². The molecule has 0 bridgehead atoms. The molecule has 3 rings (SSSR count). The van der Waals surface area contributed by atoms with Crippen LogP contribution in [0.15, 0.2) is 72.8 Å². The number of allylic oxidation sites excluding steroid dienone is 1. The molecule has 3 aromatic carbocycles. The molecule has 0 aliphatic rings. The van der Waals surface area contributed by atoms with E-state index in [1.54, 1.807) is 60.7 Å². The van der Waals surface area contributed by atoms with Crippen LogP contribution in [0.2, 0.25) is 0 Å². The van der Waals surface area contributed by atoms with Gasteiger partial charge in [-0.15, -0.1) is 0 Å². The highest BCUT2D eigenvalue weighted by Gasteiger charge is 2.06. The molecule has 2 nitrogen and oxygen atoms in total. The number of benzene rings is 3. The number of halogens is 2. The molecule has 0 atom stereocenters. The quantitative estimate of drug-likeness (QED) is 0.444. The smallest absolute Gasteiger partial charge is 0.131 e.